The van der Waals surface area contributed by atoms with Crippen molar-refractivity contribution in [1.29, 1.82) is 0 Å². The lowest BCUT2D eigenvalue weighted by atomic mass is 9.77. The van der Waals surface area contributed by atoms with Crippen molar-refractivity contribution in [2.75, 3.05) is 0 Å². The van der Waals surface area contributed by atoms with Crippen LogP contribution < -0.4 is 4.74 Å². The lowest BCUT2D eigenvalue weighted by Gasteiger charge is -2.28. The zero-order valence-corrected chi connectivity index (χ0v) is 17.6. The van der Waals surface area contributed by atoms with E-state index < -0.39 is 11.6 Å². The smallest absolute Gasteiger partial charge is 0.201 e. The molecule has 0 saturated heterocycles. The third-order valence-electron chi connectivity index (χ3n) is 6.03. The van der Waals surface area contributed by atoms with Crippen LogP contribution in [-0.4, -0.2) is 0 Å². The van der Waals surface area contributed by atoms with Crippen LogP contribution in [0.3, 0.4) is 0 Å². The van der Waals surface area contributed by atoms with Gasteiger partial charge in [-0.15, -0.1) is 0 Å². The molecular formula is C26H32F2O. The maximum Gasteiger partial charge on any atom is 0.201 e. The van der Waals surface area contributed by atoms with Gasteiger partial charge in [0, 0.05) is 5.56 Å². The van der Waals surface area contributed by atoms with Gasteiger partial charge in [0.05, 0.1) is 6.26 Å². The summed E-state index contributed by atoms with van der Waals surface area (Å²) in [5.74, 6) is -0.421. The summed E-state index contributed by atoms with van der Waals surface area (Å²) in [7, 11) is 0. The molecule has 156 valence electrons. The SMILES string of the molecule is CCCC=COc1ccc(-c2ccc(C3CCC(CCC)CC3)cc2)c(F)c1F. The lowest BCUT2D eigenvalue weighted by molar-refractivity contribution is 0.308. The van der Waals surface area contributed by atoms with Crippen molar-refractivity contribution in [2.45, 2.75) is 71.1 Å². The van der Waals surface area contributed by atoms with E-state index in [2.05, 4.69) is 19.1 Å². The molecule has 0 bridgehead atoms. The van der Waals surface area contributed by atoms with E-state index in [9.17, 15) is 8.78 Å². The largest absolute Gasteiger partial charge is 0.462 e. The van der Waals surface area contributed by atoms with Crippen LogP contribution in [0, 0.1) is 17.6 Å². The maximum atomic E-state index is 14.6. The molecule has 1 aliphatic carbocycles. The van der Waals surface area contributed by atoms with Crippen LogP contribution in [0.5, 0.6) is 5.75 Å². The number of ether oxygens (including phenoxy) is 1. The third kappa shape index (κ3) is 5.46. The van der Waals surface area contributed by atoms with Crippen LogP contribution in [0.25, 0.3) is 11.1 Å². The second-order valence-corrected chi connectivity index (χ2v) is 8.15. The lowest BCUT2D eigenvalue weighted by Crippen LogP contribution is -2.13. The fourth-order valence-corrected chi connectivity index (χ4v) is 4.33. The van der Waals surface area contributed by atoms with E-state index in [4.69, 9.17) is 4.74 Å². The summed E-state index contributed by atoms with van der Waals surface area (Å²) >= 11 is 0. The van der Waals surface area contributed by atoms with E-state index in [0.29, 0.717) is 11.5 Å². The van der Waals surface area contributed by atoms with Crippen molar-refractivity contribution < 1.29 is 13.5 Å². The van der Waals surface area contributed by atoms with Crippen molar-refractivity contribution in [3.05, 3.63) is 65.9 Å². The van der Waals surface area contributed by atoms with Crippen molar-refractivity contribution in [3.8, 4) is 16.9 Å². The minimum Gasteiger partial charge on any atom is -0.462 e. The van der Waals surface area contributed by atoms with Crippen LogP contribution in [0.15, 0.2) is 48.7 Å². The number of hydrogen-bond acceptors (Lipinski definition) is 1. The molecule has 0 heterocycles. The van der Waals surface area contributed by atoms with Gasteiger partial charge in [-0.1, -0.05) is 57.4 Å². The van der Waals surface area contributed by atoms with Crippen LogP contribution in [0.4, 0.5) is 8.78 Å². The molecule has 0 unspecified atom stereocenters. The molecule has 2 aromatic rings. The zero-order chi connectivity index (χ0) is 20.6. The Morgan fingerprint density at radius 3 is 2.28 bits per heavy atom. The van der Waals surface area contributed by atoms with E-state index in [0.717, 1.165) is 18.8 Å². The van der Waals surface area contributed by atoms with Crippen molar-refractivity contribution >= 4 is 0 Å². The van der Waals surface area contributed by atoms with Gasteiger partial charge in [-0.3, -0.25) is 0 Å². The summed E-state index contributed by atoms with van der Waals surface area (Å²) in [5, 5.41) is 0. The number of halogens is 2. The Labute approximate surface area is 173 Å². The molecule has 1 aliphatic rings. The van der Waals surface area contributed by atoms with E-state index in [1.807, 2.05) is 19.1 Å². The summed E-state index contributed by atoms with van der Waals surface area (Å²) in [4.78, 5) is 0. The van der Waals surface area contributed by atoms with E-state index >= 15 is 0 Å². The Bertz CT molecular complexity index is 802. The minimum absolute atomic E-state index is 0.0842. The van der Waals surface area contributed by atoms with Gasteiger partial charge in [-0.25, -0.2) is 4.39 Å². The Hall–Kier alpha value is -2.16. The number of rotatable bonds is 8. The predicted octanol–water partition coefficient (Wildman–Crippen LogP) is 8.40. The molecule has 0 aromatic heterocycles. The zero-order valence-electron chi connectivity index (χ0n) is 17.6. The number of benzene rings is 2. The number of allylic oxidation sites excluding steroid dienone is 1. The standard InChI is InChI=1S/C26H32F2O/c1-3-5-6-18-29-24-17-16-23(25(27)26(24)28)22-14-12-21(13-15-22)20-10-8-19(7-4-2)9-11-20/h6,12-20H,3-5,7-11H2,1-2H3. The topological polar surface area (TPSA) is 9.23 Å². The second-order valence-electron chi connectivity index (χ2n) is 8.15. The Morgan fingerprint density at radius 2 is 1.62 bits per heavy atom. The predicted molar refractivity (Wildman–Crippen MR) is 116 cm³/mol. The molecule has 0 amide bonds. The highest BCUT2D eigenvalue weighted by molar-refractivity contribution is 5.65. The Morgan fingerprint density at radius 1 is 0.897 bits per heavy atom. The fourth-order valence-electron chi connectivity index (χ4n) is 4.33. The Kier molecular flexibility index (Phi) is 7.85. The average Bonchev–Trinajstić information content (AvgIpc) is 2.75. The first-order chi connectivity index (χ1) is 14.1. The van der Waals surface area contributed by atoms with Crippen LogP contribution in [-0.2, 0) is 0 Å². The van der Waals surface area contributed by atoms with Gasteiger partial charge in [0.15, 0.2) is 11.6 Å². The molecule has 0 radical (unpaired) electrons. The molecule has 1 fully saturated rings. The molecule has 0 aliphatic heterocycles. The van der Waals surface area contributed by atoms with Gasteiger partial charge in [-0.2, -0.15) is 4.39 Å². The molecule has 1 saturated carbocycles. The minimum atomic E-state index is -0.943. The van der Waals surface area contributed by atoms with E-state index in [1.165, 1.54) is 56.4 Å². The van der Waals surface area contributed by atoms with Gasteiger partial charge in [0.1, 0.15) is 0 Å². The first-order valence-electron chi connectivity index (χ1n) is 11.0. The van der Waals surface area contributed by atoms with Crippen LogP contribution in [0.1, 0.15) is 76.7 Å². The fraction of sp³-hybridized carbons (Fsp3) is 0.462. The van der Waals surface area contributed by atoms with E-state index in [-0.39, 0.29) is 11.3 Å². The second kappa shape index (κ2) is 10.6. The van der Waals surface area contributed by atoms with Gasteiger partial charge < -0.3 is 4.74 Å². The van der Waals surface area contributed by atoms with Gasteiger partial charge in [0.25, 0.3) is 0 Å². The Balaban J connectivity index is 1.69. The molecule has 3 rings (SSSR count). The summed E-state index contributed by atoms with van der Waals surface area (Å²) < 4.78 is 34.2. The highest BCUT2D eigenvalue weighted by Gasteiger charge is 2.22. The molecule has 2 aromatic carbocycles. The first kappa shape index (κ1) is 21.5. The monoisotopic (exact) mass is 398 g/mol. The molecular weight excluding hydrogens is 366 g/mol. The van der Waals surface area contributed by atoms with Crippen molar-refractivity contribution in [2.24, 2.45) is 5.92 Å². The summed E-state index contributed by atoms with van der Waals surface area (Å²) in [6, 6.07) is 11.1. The van der Waals surface area contributed by atoms with Gasteiger partial charge >= 0.3 is 0 Å². The molecule has 0 N–H and O–H groups in total. The normalized spacial score (nSPS) is 19.6. The first-order valence-corrected chi connectivity index (χ1v) is 11.0. The number of hydrogen-bond donors (Lipinski definition) is 0. The highest BCUT2D eigenvalue weighted by atomic mass is 19.2. The summed E-state index contributed by atoms with van der Waals surface area (Å²) in [5.41, 5.74) is 2.27. The van der Waals surface area contributed by atoms with Crippen LogP contribution >= 0.6 is 0 Å². The summed E-state index contributed by atoms with van der Waals surface area (Å²) in [6.45, 7) is 4.30. The molecule has 29 heavy (non-hydrogen) atoms. The molecule has 0 atom stereocenters. The average molecular weight is 399 g/mol. The van der Waals surface area contributed by atoms with Gasteiger partial charge in [-0.05, 0) is 73.3 Å². The van der Waals surface area contributed by atoms with Crippen molar-refractivity contribution in [1.82, 2.24) is 0 Å². The van der Waals surface area contributed by atoms with Crippen LogP contribution in [0.2, 0.25) is 0 Å². The van der Waals surface area contributed by atoms with Crippen molar-refractivity contribution in [3.63, 3.8) is 0 Å². The molecule has 1 nitrogen and oxygen atoms in total. The summed E-state index contributed by atoms with van der Waals surface area (Å²) in [6.07, 6.45) is 12.7. The molecule has 3 heteroatoms. The highest BCUT2D eigenvalue weighted by Crippen LogP contribution is 2.38. The van der Waals surface area contributed by atoms with E-state index in [1.54, 1.807) is 12.1 Å². The van der Waals surface area contributed by atoms with Gasteiger partial charge in [0.2, 0.25) is 5.82 Å². The molecule has 0 spiro atoms. The number of unbranched alkanes of at least 4 members (excludes halogenated alkanes) is 1. The maximum absolute atomic E-state index is 14.6. The third-order valence-corrected chi connectivity index (χ3v) is 6.03. The quantitative estimate of drug-likeness (QED) is 0.406.